The lowest BCUT2D eigenvalue weighted by atomic mass is 10.2. The molecule has 4 rings (SSSR count). The number of hydrogen-bond acceptors (Lipinski definition) is 6. The maximum absolute atomic E-state index is 13.0. The van der Waals surface area contributed by atoms with Gasteiger partial charge in [-0.2, -0.15) is 0 Å². The predicted octanol–water partition coefficient (Wildman–Crippen LogP) is 3.10. The average molecular weight is 415 g/mol. The van der Waals surface area contributed by atoms with Gasteiger partial charge in [-0.05, 0) is 24.6 Å². The van der Waals surface area contributed by atoms with Crippen LogP contribution in [0.15, 0.2) is 34.9 Å². The average Bonchev–Trinajstić information content (AvgIpc) is 3.32. The standard InChI is InChI=1S/C19H18FN5O3S/c1-11-8-15(24-28-11)17(26)23-18-22-14-6-7-25(10-16(14)29-18)19(27)21-9-12-2-4-13(20)5-3-12/h2-5,8H,6-7,9-10H2,1H3,(H,21,27)(H,22,23,26). The van der Waals surface area contributed by atoms with Gasteiger partial charge in [-0.25, -0.2) is 14.2 Å². The minimum atomic E-state index is -0.387. The molecule has 10 heteroatoms. The van der Waals surface area contributed by atoms with E-state index in [0.29, 0.717) is 36.9 Å². The Kier molecular flexibility index (Phi) is 5.26. The molecule has 8 nitrogen and oxygen atoms in total. The summed E-state index contributed by atoms with van der Waals surface area (Å²) < 4.78 is 17.9. The topological polar surface area (TPSA) is 100 Å². The fourth-order valence-corrected chi connectivity index (χ4v) is 3.97. The summed E-state index contributed by atoms with van der Waals surface area (Å²) in [7, 11) is 0. The Labute approximate surface area is 169 Å². The second kappa shape index (κ2) is 8.00. The zero-order valence-electron chi connectivity index (χ0n) is 15.6. The summed E-state index contributed by atoms with van der Waals surface area (Å²) in [5, 5.41) is 9.72. The molecule has 2 aromatic heterocycles. The van der Waals surface area contributed by atoms with Crippen LogP contribution >= 0.6 is 11.3 Å². The number of halogens is 1. The molecule has 0 fully saturated rings. The van der Waals surface area contributed by atoms with Crippen LogP contribution in [0.3, 0.4) is 0 Å². The number of rotatable bonds is 4. The highest BCUT2D eigenvalue weighted by atomic mass is 32.1. The van der Waals surface area contributed by atoms with Crippen LogP contribution in [0.25, 0.3) is 0 Å². The van der Waals surface area contributed by atoms with Gasteiger partial charge in [0.05, 0.1) is 12.2 Å². The number of hydrogen-bond donors (Lipinski definition) is 2. The van der Waals surface area contributed by atoms with Crippen LogP contribution in [0, 0.1) is 12.7 Å². The second-order valence-corrected chi connectivity index (χ2v) is 7.71. The predicted molar refractivity (Wildman–Crippen MR) is 104 cm³/mol. The molecule has 0 aliphatic carbocycles. The van der Waals surface area contributed by atoms with Gasteiger partial charge < -0.3 is 14.7 Å². The van der Waals surface area contributed by atoms with Crippen molar-refractivity contribution < 1.29 is 18.5 Å². The van der Waals surface area contributed by atoms with Crippen LogP contribution in [0.2, 0.25) is 0 Å². The van der Waals surface area contributed by atoms with E-state index in [1.807, 2.05) is 0 Å². The van der Waals surface area contributed by atoms with Crippen LogP contribution in [0.1, 0.15) is 32.4 Å². The molecule has 0 bridgehead atoms. The Bertz CT molecular complexity index is 1050. The van der Waals surface area contributed by atoms with E-state index in [2.05, 4.69) is 20.8 Å². The first kappa shape index (κ1) is 19.1. The van der Waals surface area contributed by atoms with Crippen LogP contribution in [-0.4, -0.2) is 33.5 Å². The number of amides is 3. The largest absolute Gasteiger partial charge is 0.361 e. The zero-order valence-corrected chi connectivity index (χ0v) is 16.4. The summed E-state index contributed by atoms with van der Waals surface area (Å²) in [6.45, 7) is 2.98. The lowest BCUT2D eigenvalue weighted by Crippen LogP contribution is -2.42. The zero-order chi connectivity index (χ0) is 20.4. The lowest BCUT2D eigenvalue weighted by molar-refractivity contribution is 0.101. The summed E-state index contributed by atoms with van der Waals surface area (Å²) >= 11 is 1.34. The third-order valence-corrected chi connectivity index (χ3v) is 5.45. The van der Waals surface area contributed by atoms with Gasteiger partial charge in [-0.15, -0.1) is 0 Å². The van der Waals surface area contributed by atoms with Crippen molar-refractivity contribution in [2.45, 2.75) is 26.4 Å². The summed E-state index contributed by atoms with van der Waals surface area (Å²) in [4.78, 5) is 31.7. The van der Waals surface area contributed by atoms with Crippen LogP contribution in [0.4, 0.5) is 14.3 Å². The lowest BCUT2D eigenvalue weighted by Gasteiger charge is -2.26. The Morgan fingerprint density at radius 3 is 2.83 bits per heavy atom. The van der Waals surface area contributed by atoms with Crippen molar-refractivity contribution in [3.05, 3.63) is 63.7 Å². The molecular weight excluding hydrogens is 397 g/mol. The van der Waals surface area contributed by atoms with Crippen molar-refractivity contribution in [1.82, 2.24) is 20.4 Å². The number of carbonyl (C=O) groups excluding carboxylic acids is 2. The third-order valence-electron chi connectivity index (χ3n) is 4.46. The number of aromatic nitrogens is 2. The molecule has 0 unspecified atom stereocenters. The molecule has 0 saturated heterocycles. The molecule has 3 aromatic rings. The number of thiazole rings is 1. The molecule has 1 aliphatic heterocycles. The van der Waals surface area contributed by atoms with Crippen LogP contribution in [-0.2, 0) is 19.5 Å². The molecule has 0 atom stereocenters. The molecule has 0 saturated carbocycles. The van der Waals surface area contributed by atoms with Gasteiger partial charge in [0, 0.05) is 30.5 Å². The number of nitrogens with zero attached hydrogens (tertiary/aromatic N) is 3. The van der Waals surface area contributed by atoms with E-state index >= 15 is 0 Å². The van der Waals surface area contributed by atoms with E-state index in [1.165, 1.54) is 23.5 Å². The SMILES string of the molecule is Cc1cc(C(=O)Nc2nc3c(s2)CN(C(=O)NCc2ccc(F)cc2)CC3)no1. The van der Waals surface area contributed by atoms with Gasteiger partial charge in [0.25, 0.3) is 5.91 Å². The number of nitrogens with one attached hydrogen (secondary N) is 2. The van der Waals surface area contributed by atoms with Gasteiger partial charge in [0.2, 0.25) is 0 Å². The van der Waals surface area contributed by atoms with Gasteiger partial charge in [-0.3, -0.25) is 10.1 Å². The van der Waals surface area contributed by atoms with E-state index in [0.717, 1.165) is 16.1 Å². The highest BCUT2D eigenvalue weighted by Gasteiger charge is 2.25. The first-order chi connectivity index (χ1) is 14.0. The number of carbonyl (C=O) groups is 2. The number of urea groups is 1. The summed E-state index contributed by atoms with van der Waals surface area (Å²) in [6, 6.07) is 7.36. The van der Waals surface area contributed by atoms with Crippen LogP contribution in [0.5, 0.6) is 0 Å². The fourth-order valence-electron chi connectivity index (χ4n) is 2.95. The van der Waals surface area contributed by atoms with Crippen molar-refractivity contribution in [1.29, 1.82) is 0 Å². The first-order valence-corrected chi connectivity index (χ1v) is 9.80. The fraction of sp³-hybridized carbons (Fsp3) is 0.263. The highest BCUT2D eigenvalue weighted by Crippen LogP contribution is 2.28. The van der Waals surface area contributed by atoms with Crippen molar-refractivity contribution in [3.8, 4) is 0 Å². The quantitative estimate of drug-likeness (QED) is 0.682. The Morgan fingerprint density at radius 2 is 2.10 bits per heavy atom. The van der Waals surface area contributed by atoms with E-state index in [1.54, 1.807) is 30.0 Å². The van der Waals surface area contributed by atoms with Gasteiger partial charge in [0.15, 0.2) is 10.8 Å². The number of benzene rings is 1. The summed E-state index contributed by atoms with van der Waals surface area (Å²) in [5.74, 6) is -0.145. The molecule has 150 valence electrons. The van der Waals surface area contributed by atoms with Crippen molar-refractivity contribution in [2.24, 2.45) is 0 Å². The minimum Gasteiger partial charge on any atom is -0.361 e. The summed E-state index contributed by atoms with van der Waals surface area (Å²) in [5.41, 5.74) is 1.89. The molecule has 0 spiro atoms. The highest BCUT2D eigenvalue weighted by molar-refractivity contribution is 7.15. The smallest absolute Gasteiger partial charge is 0.318 e. The number of anilines is 1. The molecule has 3 heterocycles. The Balaban J connectivity index is 1.35. The second-order valence-electron chi connectivity index (χ2n) is 6.62. The van der Waals surface area contributed by atoms with Crippen molar-refractivity contribution >= 4 is 28.4 Å². The molecule has 2 N–H and O–H groups in total. The summed E-state index contributed by atoms with van der Waals surface area (Å²) in [6.07, 6.45) is 0.606. The van der Waals surface area contributed by atoms with E-state index in [9.17, 15) is 14.0 Å². The molecule has 29 heavy (non-hydrogen) atoms. The van der Waals surface area contributed by atoms with Crippen molar-refractivity contribution in [2.75, 3.05) is 11.9 Å². The van der Waals surface area contributed by atoms with Gasteiger partial charge in [-0.1, -0.05) is 28.6 Å². The molecule has 3 amide bonds. The van der Waals surface area contributed by atoms with E-state index in [4.69, 9.17) is 4.52 Å². The molecule has 0 radical (unpaired) electrons. The first-order valence-electron chi connectivity index (χ1n) is 8.98. The molecule has 1 aliphatic rings. The number of aryl methyl sites for hydroxylation is 1. The molecular formula is C19H18FN5O3S. The number of fused-ring (bicyclic) bond motifs is 1. The monoisotopic (exact) mass is 415 g/mol. The normalized spacial score (nSPS) is 13.1. The van der Waals surface area contributed by atoms with E-state index in [-0.39, 0.29) is 23.4 Å². The maximum Gasteiger partial charge on any atom is 0.318 e. The third kappa shape index (κ3) is 4.43. The van der Waals surface area contributed by atoms with Gasteiger partial charge in [0.1, 0.15) is 11.6 Å². The maximum atomic E-state index is 13.0. The van der Waals surface area contributed by atoms with Crippen LogP contribution < -0.4 is 10.6 Å². The Hall–Kier alpha value is -3.27. The molecule has 1 aromatic carbocycles. The minimum absolute atomic E-state index is 0.192. The van der Waals surface area contributed by atoms with Crippen molar-refractivity contribution in [3.63, 3.8) is 0 Å². The van der Waals surface area contributed by atoms with Gasteiger partial charge >= 0.3 is 6.03 Å². The Morgan fingerprint density at radius 1 is 1.31 bits per heavy atom. The van der Waals surface area contributed by atoms with E-state index < -0.39 is 0 Å².